The smallest absolute Gasteiger partial charge is 0.318 e. The van der Waals surface area contributed by atoms with E-state index < -0.39 is 5.97 Å². The second-order valence-corrected chi connectivity index (χ2v) is 3.78. The second kappa shape index (κ2) is 7.35. The van der Waals surface area contributed by atoms with Crippen molar-refractivity contribution in [1.82, 2.24) is 0 Å². The van der Waals surface area contributed by atoms with Crippen LogP contribution in [0.15, 0.2) is 54.6 Å². The lowest BCUT2D eigenvalue weighted by atomic mass is 10.1. The topological polar surface area (TPSA) is 63.3 Å². The zero-order valence-electron chi connectivity index (χ0n) is 9.71. The fourth-order valence-electron chi connectivity index (χ4n) is 1.31. The van der Waals surface area contributed by atoms with Crippen molar-refractivity contribution in [2.75, 3.05) is 11.6 Å². The number of hydrogen-bond donors (Lipinski definition) is 2. The van der Waals surface area contributed by atoms with Gasteiger partial charge in [0.2, 0.25) is 0 Å². The lowest BCUT2D eigenvalue weighted by Gasteiger charge is -2.00. The molecule has 0 atom stereocenters. The summed E-state index contributed by atoms with van der Waals surface area (Å²) >= 11 is 4.74. The molecular formula is C14H14ClNO2. The molecule has 0 unspecified atom stereocenters. The van der Waals surface area contributed by atoms with Gasteiger partial charge < -0.3 is 10.8 Å². The van der Waals surface area contributed by atoms with Crippen LogP contribution in [-0.4, -0.2) is 17.0 Å². The van der Waals surface area contributed by atoms with Crippen molar-refractivity contribution in [1.29, 1.82) is 0 Å². The summed E-state index contributed by atoms with van der Waals surface area (Å²) in [5.74, 6) is -1.29. The maximum Gasteiger partial charge on any atom is 0.318 e. The van der Waals surface area contributed by atoms with E-state index >= 15 is 0 Å². The molecule has 3 N–H and O–H groups in total. The quantitative estimate of drug-likeness (QED) is 0.646. The summed E-state index contributed by atoms with van der Waals surface area (Å²) in [6.07, 6.45) is 0. The highest BCUT2D eigenvalue weighted by Gasteiger charge is 1.94. The zero-order chi connectivity index (χ0) is 13.4. The summed E-state index contributed by atoms with van der Waals surface area (Å²) in [4.78, 5) is 9.24. The second-order valence-electron chi connectivity index (χ2n) is 3.52. The zero-order valence-corrected chi connectivity index (χ0v) is 10.5. The molecule has 2 rings (SSSR count). The Labute approximate surface area is 111 Å². The van der Waals surface area contributed by atoms with Crippen LogP contribution in [0.5, 0.6) is 0 Å². The predicted octanol–water partition coefficient (Wildman–Crippen LogP) is 3.25. The molecular weight excluding hydrogens is 250 g/mol. The monoisotopic (exact) mass is 263 g/mol. The highest BCUT2D eigenvalue weighted by molar-refractivity contribution is 6.26. The number of aliphatic carboxylic acids is 1. The maximum atomic E-state index is 9.24. The molecule has 0 aliphatic carbocycles. The molecule has 0 heterocycles. The number of carboxylic acids is 1. The van der Waals surface area contributed by atoms with Gasteiger partial charge in [-0.1, -0.05) is 42.5 Å². The van der Waals surface area contributed by atoms with Crippen LogP contribution in [0, 0.1) is 0 Å². The number of benzene rings is 2. The maximum absolute atomic E-state index is 9.24. The van der Waals surface area contributed by atoms with Crippen LogP contribution in [0.3, 0.4) is 0 Å². The minimum atomic E-state index is -0.980. The van der Waals surface area contributed by atoms with E-state index in [2.05, 4.69) is 12.1 Å². The van der Waals surface area contributed by atoms with E-state index in [0.717, 1.165) is 5.69 Å². The number of halogens is 1. The van der Waals surface area contributed by atoms with E-state index in [4.69, 9.17) is 22.4 Å². The van der Waals surface area contributed by atoms with Crippen LogP contribution < -0.4 is 5.73 Å². The van der Waals surface area contributed by atoms with Gasteiger partial charge in [0.05, 0.1) is 0 Å². The van der Waals surface area contributed by atoms with E-state index in [1.165, 1.54) is 11.1 Å². The van der Waals surface area contributed by atoms with Gasteiger partial charge in [0.25, 0.3) is 0 Å². The number of alkyl halides is 1. The molecule has 0 saturated heterocycles. The molecule has 18 heavy (non-hydrogen) atoms. The van der Waals surface area contributed by atoms with E-state index in [1.807, 2.05) is 42.5 Å². The molecule has 0 spiro atoms. The molecule has 0 saturated carbocycles. The first-order chi connectivity index (χ1) is 8.63. The van der Waals surface area contributed by atoms with Crippen LogP contribution in [0.2, 0.25) is 0 Å². The van der Waals surface area contributed by atoms with Crippen LogP contribution in [-0.2, 0) is 4.79 Å². The first-order valence-corrected chi connectivity index (χ1v) is 5.85. The number of carboxylic acid groups (broad SMARTS) is 1. The summed E-state index contributed by atoms with van der Waals surface area (Å²) in [5, 5.41) is 7.59. The summed E-state index contributed by atoms with van der Waals surface area (Å²) in [7, 11) is 0. The van der Waals surface area contributed by atoms with E-state index in [-0.39, 0.29) is 5.88 Å². The number of hydrogen-bond acceptors (Lipinski definition) is 2. The van der Waals surface area contributed by atoms with Crippen LogP contribution in [0.4, 0.5) is 5.69 Å². The molecule has 2 aromatic carbocycles. The average Bonchev–Trinajstić information content (AvgIpc) is 2.41. The molecule has 0 fully saturated rings. The minimum absolute atomic E-state index is 0.306. The number of rotatable bonds is 2. The summed E-state index contributed by atoms with van der Waals surface area (Å²) in [5.41, 5.74) is 8.84. The van der Waals surface area contributed by atoms with Crippen molar-refractivity contribution in [3.63, 3.8) is 0 Å². The highest BCUT2D eigenvalue weighted by Crippen LogP contribution is 2.19. The SMILES string of the molecule is Nc1ccc(-c2ccccc2)cc1.O=C(O)CCl. The van der Waals surface area contributed by atoms with Crippen molar-refractivity contribution < 1.29 is 9.90 Å². The minimum Gasteiger partial charge on any atom is -0.480 e. The molecule has 2 aromatic rings. The van der Waals surface area contributed by atoms with Gasteiger partial charge in [0, 0.05) is 5.69 Å². The molecule has 3 nitrogen and oxygen atoms in total. The van der Waals surface area contributed by atoms with E-state index in [1.54, 1.807) is 0 Å². The Kier molecular flexibility index (Phi) is 5.74. The van der Waals surface area contributed by atoms with Crippen molar-refractivity contribution in [2.24, 2.45) is 0 Å². The first-order valence-electron chi connectivity index (χ1n) is 5.32. The van der Waals surface area contributed by atoms with Crippen molar-refractivity contribution in [2.45, 2.75) is 0 Å². The molecule has 0 radical (unpaired) electrons. The van der Waals surface area contributed by atoms with Gasteiger partial charge in [-0.3, -0.25) is 4.79 Å². The number of carbonyl (C=O) groups is 1. The Hall–Kier alpha value is -2.00. The van der Waals surface area contributed by atoms with Crippen molar-refractivity contribution >= 4 is 23.3 Å². The molecule has 0 aliphatic rings. The normalized spacial score (nSPS) is 9.17. The van der Waals surface area contributed by atoms with Gasteiger partial charge in [-0.25, -0.2) is 0 Å². The van der Waals surface area contributed by atoms with Gasteiger partial charge in [-0.15, -0.1) is 11.6 Å². The Morgan fingerprint density at radius 1 is 1.00 bits per heavy atom. The Balaban J connectivity index is 0.000000280. The summed E-state index contributed by atoms with van der Waals surface area (Å²) < 4.78 is 0. The third-order valence-electron chi connectivity index (χ3n) is 2.13. The van der Waals surface area contributed by atoms with E-state index in [9.17, 15) is 4.79 Å². The van der Waals surface area contributed by atoms with Crippen molar-refractivity contribution in [3.05, 3.63) is 54.6 Å². The van der Waals surface area contributed by atoms with Crippen LogP contribution in [0.25, 0.3) is 11.1 Å². The molecule has 0 amide bonds. The molecule has 0 aliphatic heterocycles. The molecule has 94 valence electrons. The first kappa shape index (κ1) is 14.1. The lowest BCUT2D eigenvalue weighted by Crippen LogP contribution is -1.92. The van der Waals surface area contributed by atoms with Gasteiger partial charge >= 0.3 is 5.97 Å². The largest absolute Gasteiger partial charge is 0.480 e. The van der Waals surface area contributed by atoms with Crippen LogP contribution >= 0.6 is 11.6 Å². The fourth-order valence-corrected chi connectivity index (χ4v) is 1.31. The summed E-state index contributed by atoms with van der Waals surface area (Å²) in [6.45, 7) is 0. The third kappa shape index (κ3) is 4.89. The van der Waals surface area contributed by atoms with Gasteiger partial charge in [0.15, 0.2) is 0 Å². The van der Waals surface area contributed by atoms with Gasteiger partial charge in [0.1, 0.15) is 5.88 Å². The van der Waals surface area contributed by atoms with Crippen molar-refractivity contribution in [3.8, 4) is 11.1 Å². The predicted molar refractivity (Wildman–Crippen MR) is 74.6 cm³/mol. The van der Waals surface area contributed by atoms with Gasteiger partial charge in [-0.2, -0.15) is 0 Å². The third-order valence-corrected chi connectivity index (χ3v) is 2.36. The molecule has 0 aromatic heterocycles. The lowest BCUT2D eigenvalue weighted by molar-refractivity contribution is -0.134. The fraction of sp³-hybridized carbons (Fsp3) is 0.0714. The Morgan fingerprint density at radius 3 is 1.89 bits per heavy atom. The summed E-state index contributed by atoms with van der Waals surface area (Å²) in [6, 6.07) is 18.2. The Morgan fingerprint density at radius 2 is 1.44 bits per heavy atom. The highest BCUT2D eigenvalue weighted by atomic mass is 35.5. The molecule has 0 bridgehead atoms. The molecule has 4 heteroatoms. The number of nitrogen functional groups attached to an aromatic ring is 1. The Bertz CT molecular complexity index is 483. The number of nitrogens with two attached hydrogens (primary N) is 1. The standard InChI is InChI=1S/C12H11N.C2H3ClO2/c13-12-8-6-11(7-9-12)10-4-2-1-3-5-10;3-1-2(4)5/h1-9H,13H2;1H2,(H,4,5). The van der Waals surface area contributed by atoms with Crippen LogP contribution in [0.1, 0.15) is 0 Å². The van der Waals surface area contributed by atoms with Gasteiger partial charge in [-0.05, 0) is 23.3 Å². The number of anilines is 1. The van der Waals surface area contributed by atoms with E-state index in [0.29, 0.717) is 0 Å². The average molecular weight is 264 g/mol.